The summed E-state index contributed by atoms with van der Waals surface area (Å²) in [6, 6.07) is 0. The predicted molar refractivity (Wildman–Crippen MR) is 30.9 cm³/mol. The molecule has 0 aliphatic carbocycles. The SMILES string of the molecule is CC(C)(C)S(=O)(=O)OF. The Kier molecular flexibility index (Phi) is 2.19. The van der Waals surface area contributed by atoms with Gasteiger partial charge in [0.2, 0.25) is 0 Å². The van der Waals surface area contributed by atoms with Crippen LogP contribution in [0, 0.1) is 0 Å². The number of rotatable bonds is 1. The largest absolute Gasteiger partial charge is 0.302 e. The second-order valence-corrected chi connectivity index (χ2v) is 4.89. The molecule has 0 aliphatic heterocycles. The summed E-state index contributed by atoms with van der Waals surface area (Å²) in [5.74, 6) is 0. The summed E-state index contributed by atoms with van der Waals surface area (Å²) in [5, 5.41) is 0. The van der Waals surface area contributed by atoms with Gasteiger partial charge in [0.25, 0.3) is 0 Å². The van der Waals surface area contributed by atoms with Crippen LogP contribution in [-0.2, 0) is 14.5 Å². The molecule has 0 spiro atoms. The summed E-state index contributed by atoms with van der Waals surface area (Å²) in [5.41, 5.74) is 0. The van der Waals surface area contributed by atoms with Crippen LogP contribution in [-0.4, -0.2) is 13.2 Å². The van der Waals surface area contributed by atoms with Crippen LogP contribution in [0.1, 0.15) is 20.8 Å². The van der Waals surface area contributed by atoms with Gasteiger partial charge in [-0.3, -0.25) is 0 Å². The maximum Gasteiger partial charge on any atom is 0.302 e. The molecule has 0 N–H and O–H groups in total. The van der Waals surface area contributed by atoms with Gasteiger partial charge >= 0.3 is 10.1 Å². The highest BCUT2D eigenvalue weighted by Crippen LogP contribution is 2.16. The fourth-order valence-electron chi connectivity index (χ4n) is 0.0945. The molecule has 0 fully saturated rings. The van der Waals surface area contributed by atoms with E-state index in [2.05, 4.69) is 4.39 Å². The van der Waals surface area contributed by atoms with Crippen LogP contribution in [0.3, 0.4) is 0 Å². The minimum atomic E-state index is -4.00. The maximum absolute atomic E-state index is 11.2. The van der Waals surface area contributed by atoms with E-state index in [1.807, 2.05) is 0 Å². The Morgan fingerprint density at radius 2 is 1.67 bits per heavy atom. The van der Waals surface area contributed by atoms with Crippen molar-refractivity contribution in [3.8, 4) is 0 Å². The van der Waals surface area contributed by atoms with Gasteiger partial charge in [-0.2, -0.15) is 8.42 Å². The minimum absolute atomic E-state index is 1.18. The molecule has 0 aromatic rings. The maximum atomic E-state index is 11.2. The molecule has 0 rings (SSSR count). The molecule has 0 radical (unpaired) electrons. The Labute approximate surface area is 53.8 Å². The molecule has 0 bridgehead atoms. The van der Waals surface area contributed by atoms with Gasteiger partial charge in [-0.15, -0.1) is 0 Å². The minimum Gasteiger partial charge on any atom is -0.196 e. The van der Waals surface area contributed by atoms with E-state index < -0.39 is 14.9 Å². The van der Waals surface area contributed by atoms with Crippen LogP contribution in [0.2, 0.25) is 0 Å². The molecule has 0 atom stereocenters. The topological polar surface area (TPSA) is 43.4 Å². The summed E-state index contributed by atoms with van der Waals surface area (Å²) in [6.07, 6.45) is 0. The van der Waals surface area contributed by atoms with Crippen LogP contribution in [0.5, 0.6) is 0 Å². The molecular formula is C4H9FO3S. The van der Waals surface area contributed by atoms with Gasteiger partial charge in [0, 0.05) is 0 Å². The van der Waals surface area contributed by atoms with E-state index in [1.165, 1.54) is 20.8 Å². The normalized spacial score (nSPS) is 13.8. The lowest BCUT2D eigenvalue weighted by atomic mass is 10.3. The average molecular weight is 156 g/mol. The zero-order valence-electron chi connectivity index (χ0n) is 5.51. The Balaban J connectivity index is 4.57. The lowest BCUT2D eigenvalue weighted by Crippen LogP contribution is -2.27. The van der Waals surface area contributed by atoms with Gasteiger partial charge in [-0.25, -0.2) is 0 Å². The Hall–Kier alpha value is -0.160. The Morgan fingerprint density at radius 3 is 1.67 bits per heavy atom. The second-order valence-electron chi connectivity index (χ2n) is 2.63. The molecule has 56 valence electrons. The monoisotopic (exact) mass is 156 g/mol. The fraction of sp³-hybridized carbons (Fsp3) is 1.00. The molecule has 0 unspecified atom stereocenters. The van der Waals surface area contributed by atoms with Gasteiger partial charge in [-0.05, 0) is 25.3 Å². The van der Waals surface area contributed by atoms with Crippen LogP contribution in [0.15, 0.2) is 0 Å². The van der Waals surface area contributed by atoms with E-state index in [0.29, 0.717) is 0 Å². The van der Waals surface area contributed by atoms with E-state index in [1.54, 1.807) is 0 Å². The summed E-state index contributed by atoms with van der Waals surface area (Å²) < 4.78 is 33.6. The first-order chi connectivity index (χ1) is 3.81. The number of hydrogen-bond donors (Lipinski definition) is 0. The van der Waals surface area contributed by atoms with Gasteiger partial charge < -0.3 is 0 Å². The third-order valence-electron chi connectivity index (χ3n) is 0.833. The van der Waals surface area contributed by atoms with Crippen molar-refractivity contribution in [1.82, 2.24) is 0 Å². The van der Waals surface area contributed by atoms with Gasteiger partial charge in [0.15, 0.2) is 0 Å². The van der Waals surface area contributed by atoms with Crippen LogP contribution in [0.25, 0.3) is 0 Å². The molecule has 0 aromatic heterocycles. The highest BCUT2D eigenvalue weighted by molar-refractivity contribution is 7.88. The molecule has 0 aliphatic rings. The van der Waals surface area contributed by atoms with Crippen molar-refractivity contribution in [1.29, 1.82) is 0 Å². The van der Waals surface area contributed by atoms with E-state index in [-0.39, 0.29) is 0 Å². The Bertz CT molecular complexity index is 176. The van der Waals surface area contributed by atoms with Crippen molar-refractivity contribution in [2.75, 3.05) is 0 Å². The highest BCUT2D eigenvalue weighted by atomic mass is 32.2. The third kappa shape index (κ3) is 1.91. The van der Waals surface area contributed by atoms with Crippen LogP contribution in [0.4, 0.5) is 4.53 Å². The first-order valence-electron chi connectivity index (χ1n) is 2.36. The number of hydrogen-bond acceptors (Lipinski definition) is 3. The molecule has 0 saturated heterocycles. The number of halogens is 1. The van der Waals surface area contributed by atoms with Crippen LogP contribution < -0.4 is 0 Å². The zero-order chi connectivity index (χ0) is 7.71. The molecule has 0 aromatic carbocycles. The van der Waals surface area contributed by atoms with Crippen molar-refractivity contribution in [2.24, 2.45) is 0 Å². The first-order valence-corrected chi connectivity index (χ1v) is 3.77. The summed E-state index contributed by atoms with van der Waals surface area (Å²) in [7, 11) is -4.00. The standard InChI is InChI=1S/C4H9FO3S/c1-4(2,3)9(6,7)8-5/h1-3H3. The van der Waals surface area contributed by atoms with Gasteiger partial charge in [0.05, 0.1) is 4.75 Å². The average Bonchev–Trinajstić information content (AvgIpc) is 1.64. The fourth-order valence-corrected chi connectivity index (χ4v) is 0.283. The summed E-state index contributed by atoms with van der Waals surface area (Å²) >= 11 is 0. The molecule has 9 heavy (non-hydrogen) atoms. The second kappa shape index (κ2) is 2.22. The van der Waals surface area contributed by atoms with Crippen molar-refractivity contribution < 1.29 is 17.3 Å². The quantitative estimate of drug-likeness (QED) is 0.569. The molecule has 5 heteroatoms. The van der Waals surface area contributed by atoms with E-state index >= 15 is 0 Å². The summed E-state index contributed by atoms with van der Waals surface area (Å²) in [6.45, 7) is 4.05. The lowest BCUT2D eigenvalue weighted by molar-refractivity contribution is -0.000686. The van der Waals surface area contributed by atoms with E-state index in [4.69, 9.17) is 0 Å². The smallest absolute Gasteiger partial charge is 0.196 e. The van der Waals surface area contributed by atoms with Crippen molar-refractivity contribution in [3.63, 3.8) is 0 Å². The first kappa shape index (κ1) is 8.84. The Morgan fingerprint density at radius 1 is 1.33 bits per heavy atom. The van der Waals surface area contributed by atoms with E-state index in [0.717, 1.165) is 0 Å². The van der Waals surface area contributed by atoms with Crippen LogP contribution >= 0.6 is 0 Å². The zero-order valence-corrected chi connectivity index (χ0v) is 6.33. The van der Waals surface area contributed by atoms with Crippen molar-refractivity contribution >= 4 is 10.1 Å². The predicted octanol–water partition coefficient (Wildman–Crippen LogP) is 1.02. The molecular weight excluding hydrogens is 147 g/mol. The lowest BCUT2D eigenvalue weighted by Gasteiger charge is -2.13. The highest BCUT2D eigenvalue weighted by Gasteiger charge is 2.30. The van der Waals surface area contributed by atoms with E-state index in [9.17, 15) is 12.9 Å². The molecule has 3 nitrogen and oxygen atoms in total. The van der Waals surface area contributed by atoms with Gasteiger partial charge in [-0.1, -0.05) is 4.39 Å². The van der Waals surface area contributed by atoms with Gasteiger partial charge in [0.1, 0.15) is 0 Å². The van der Waals surface area contributed by atoms with Crippen molar-refractivity contribution in [2.45, 2.75) is 25.5 Å². The third-order valence-corrected chi connectivity index (χ3v) is 2.50. The summed E-state index contributed by atoms with van der Waals surface area (Å²) in [4.78, 5) is 0. The molecule has 0 heterocycles. The molecule has 0 amide bonds. The molecule has 0 saturated carbocycles. The van der Waals surface area contributed by atoms with Crippen molar-refractivity contribution in [3.05, 3.63) is 0 Å².